The quantitative estimate of drug-likeness (QED) is 0.506. The third kappa shape index (κ3) is 4.73. The van der Waals surface area contributed by atoms with Crippen molar-refractivity contribution in [2.45, 2.75) is 37.3 Å². The van der Waals surface area contributed by atoms with E-state index in [2.05, 4.69) is 20.3 Å². The second kappa shape index (κ2) is 9.51. The van der Waals surface area contributed by atoms with Crippen molar-refractivity contribution in [3.05, 3.63) is 59.4 Å². The van der Waals surface area contributed by atoms with Gasteiger partial charge in [0.1, 0.15) is 11.4 Å². The fourth-order valence-corrected chi connectivity index (χ4v) is 4.03. The van der Waals surface area contributed by atoms with Gasteiger partial charge in [-0.3, -0.25) is 0 Å². The van der Waals surface area contributed by atoms with E-state index in [9.17, 15) is 14.7 Å². The Morgan fingerprint density at radius 1 is 1.28 bits per heavy atom. The predicted octanol–water partition coefficient (Wildman–Crippen LogP) is 3.04. The van der Waals surface area contributed by atoms with E-state index in [-0.39, 0.29) is 11.6 Å². The molecular weight excluding hydrogens is 390 g/mol. The van der Waals surface area contributed by atoms with E-state index in [0.717, 1.165) is 24.1 Å². The number of allylic oxidation sites excluding steroid dienone is 1. The molecule has 0 bridgehead atoms. The summed E-state index contributed by atoms with van der Waals surface area (Å²) in [5, 5.41) is 13.3. The summed E-state index contributed by atoms with van der Waals surface area (Å²) in [6.07, 6.45) is 9.08. The van der Waals surface area contributed by atoms with Crippen LogP contribution in [0.5, 0.6) is 0 Å². The third-order valence-electron chi connectivity index (χ3n) is 4.79. The summed E-state index contributed by atoms with van der Waals surface area (Å²) < 4.78 is 0. The van der Waals surface area contributed by atoms with Crippen LogP contribution in [0.2, 0.25) is 0 Å². The lowest BCUT2D eigenvalue weighted by Gasteiger charge is -2.37. The number of pyridine rings is 1. The van der Waals surface area contributed by atoms with Gasteiger partial charge in [-0.05, 0) is 44.6 Å². The van der Waals surface area contributed by atoms with Gasteiger partial charge in [-0.1, -0.05) is 6.07 Å². The van der Waals surface area contributed by atoms with Crippen molar-refractivity contribution in [2.75, 3.05) is 12.8 Å². The van der Waals surface area contributed by atoms with Gasteiger partial charge in [0.15, 0.2) is 0 Å². The molecule has 2 amide bonds. The highest BCUT2D eigenvalue weighted by molar-refractivity contribution is 7.98. The van der Waals surface area contributed by atoms with E-state index >= 15 is 0 Å². The number of carbonyl (C=O) groups excluding carboxylic acids is 1. The molecule has 3 heterocycles. The number of amides is 2. The molecule has 0 aromatic carbocycles. The second-order valence-corrected chi connectivity index (χ2v) is 7.42. The van der Waals surface area contributed by atoms with E-state index < -0.39 is 12.0 Å². The number of hydrogen-bond donors (Lipinski definition) is 2. The Morgan fingerprint density at radius 3 is 2.79 bits per heavy atom. The second-order valence-electron chi connectivity index (χ2n) is 6.63. The smallest absolute Gasteiger partial charge is 0.335 e. The molecule has 1 aliphatic rings. The van der Waals surface area contributed by atoms with Crippen LogP contribution in [-0.4, -0.2) is 49.8 Å². The molecule has 0 aliphatic carbocycles. The number of urea groups is 1. The number of nitrogens with zero attached hydrogens (tertiary/aromatic N) is 4. The van der Waals surface area contributed by atoms with Crippen LogP contribution in [0.3, 0.4) is 0 Å². The Labute approximate surface area is 173 Å². The van der Waals surface area contributed by atoms with Crippen LogP contribution in [0.1, 0.15) is 37.1 Å². The zero-order chi connectivity index (χ0) is 20.8. The summed E-state index contributed by atoms with van der Waals surface area (Å²) in [5.41, 5.74) is 2.20. The minimum Gasteiger partial charge on any atom is -0.478 e. The molecule has 0 saturated carbocycles. The van der Waals surface area contributed by atoms with Crippen molar-refractivity contribution in [3.8, 4) is 0 Å². The van der Waals surface area contributed by atoms with E-state index in [1.165, 1.54) is 18.1 Å². The first-order chi connectivity index (χ1) is 14.0. The van der Waals surface area contributed by atoms with Crippen LogP contribution in [0.25, 0.3) is 0 Å². The zero-order valence-corrected chi connectivity index (χ0v) is 17.1. The standard InChI is InChI=1S/C20H23N5O3S/c1-13-16(19(26)27)17(15-7-5-9-22-18(15)29-2)25(20(28)24-13)11-4-3-6-14-8-10-21-12-23-14/h5,7-10,12,17H,3-4,6,11H2,1-2H3,(H,24,28)(H,26,27). The molecule has 0 fully saturated rings. The van der Waals surface area contributed by atoms with Gasteiger partial charge < -0.3 is 15.3 Å². The van der Waals surface area contributed by atoms with Gasteiger partial charge >= 0.3 is 12.0 Å². The van der Waals surface area contributed by atoms with Crippen molar-refractivity contribution < 1.29 is 14.7 Å². The summed E-state index contributed by atoms with van der Waals surface area (Å²) >= 11 is 1.43. The molecule has 2 aromatic rings. The van der Waals surface area contributed by atoms with Crippen LogP contribution in [0, 0.1) is 0 Å². The highest BCUT2D eigenvalue weighted by atomic mass is 32.2. The maximum Gasteiger partial charge on any atom is 0.335 e. The molecule has 0 radical (unpaired) electrons. The molecule has 1 atom stereocenters. The van der Waals surface area contributed by atoms with Crippen LogP contribution < -0.4 is 5.32 Å². The fraction of sp³-hybridized carbons (Fsp3) is 0.350. The number of aliphatic carboxylic acids is 1. The molecule has 0 spiro atoms. The largest absolute Gasteiger partial charge is 0.478 e. The number of aromatic nitrogens is 3. The molecule has 152 valence electrons. The summed E-state index contributed by atoms with van der Waals surface area (Å²) in [6.45, 7) is 2.05. The van der Waals surface area contributed by atoms with Gasteiger partial charge in [-0.25, -0.2) is 24.5 Å². The monoisotopic (exact) mass is 413 g/mol. The summed E-state index contributed by atoms with van der Waals surface area (Å²) in [6, 6.07) is 4.49. The predicted molar refractivity (Wildman–Crippen MR) is 109 cm³/mol. The zero-order valence-electron chi connectivity index (χ0n) is 16.3. The Kier molecular flexibility index (Phi) is 6.82. The molecule has 9 heteroatoms. The number of rotatable bonds is 8. The highest BCUT2D eigenvalue weighted by Gasteiger charge is 2.38. The molecule has 29 heavy (non-hydrogen) atoms. The first kappa shape index (κ1) is 20.8. The fourth-order valence-electron chi connectivity index (χ4n) is 3.45. The van der Waals surface area contributed by atoms with Gasteiger partial charge in [0.25, 0.3) is 0 Å². The number of hydrogen-bond acceptors (Lipinski definition) is 6. The van der Waals surface area contributed by atoms with Gasteiger partial charge in [-0.2, -0.15) is 0 Å². The van der Waals surface area contributed by atoms with Crippen molar-refractivity contribution in [2.24, 2.45) is 0 Å². The SMILES string of the molecule is CSc1ncccc1C1C(C(=O)O)=C(C)NC(=O)N1CCCCc1ccncn1. The lowest BCUT2D eigenvalue weighted by molar-refractivity contribution is -0.133. The number of nitrogens with one attached hydrogen (secondary N) is 1. The first-order valence-corrected chi connectivity index (χ1v) is 10.5. The summed E-state index contributed by atoms with van der Waals surface area (Å²) in [4.78, 5) is 38.9. The molecular formula is C20H23N5O3S. The number of carboxylic acid groups (broad SMARTS) is 1. The number of aryl methyl sites for hydroxylation is 1. The minimum atomic E-state index is -1.05. The Balaban J connectivity index is 1.84. The Bertz CT molecular complexity index is 919. The van der Waals surface area contributed by atoms with E-state index in [1.54, 1.807) is 30.3 Å². The topological polar surface area (TPSA) is 108 Å². The van der Waals surface area contributed by atoms with Crippen LogP contribution in [-0.2, 0) is 11.2 Å². The number of carboxylic acids is 1. The molecule has 1 unspecified atom stereocenters. The minimum absolute atomic E-state index is 0.170. The van der Waals surface area contributed by atoms with Crippen molar-refractivity contribution in [1.29, 1.82) is 0 Å². The third-order valence-corrected chi connectivity index (χ3v) is 5.52. The maximum atomic E-state index is 12.8. The first-order valence-electron chi connectivity index (χ1n) is 9.28. The number of carbonyl (C=O) groups is 2. The lowest BCUT2D eigenvalue weighted by atomic mass is 9.94. The van der Waals surface area contributed by atoms with E-state index in [1.807, 2.05) is 18.4 Å². The van der Waals surface area contributed by atoms with E-state index in [4.69, 9.17) is 0 Å². The number of unbranched alkanes of at least 4 members (excludes halogenated alkanes) is 1. The average molecular weight is 414 g/mol. The molecule has 2 N–H and O–H groups in total. The maximum absolute atomic E-state index is 12.8. The summed E-state index contributed by atoms with van der Waals surface area (Å²) in [7, 11) is 0. The summed E-state index contributed by atoms with van der Waals surface area (Å²) in [5.74, 6) is -1.05. The normalized spacial score (nSPS) is 16.7. The Morgan fingerprint density at radius 2 is 2.10 bits per heavy atom. The molecule has 2 aromatic heterocycles. The van der Waals surface area contributed by atoms with Gasteiger partial charge in [0.05, 0.1) is 11.6 Å². The molecule has 1 aliphatic heterocycles. The van der Waals surface area contributed by atoms with Crippen molar-refractivity contribution in [3.63, 3.8) is 0 Å². The van der Waals surface area contributed by atoms with Gasteiger partial charge in [-0.15, -0.1) is 11.8 Å². The Hall–Kier alpha value is -2.94. The molecule has 8 nitrogen and oxygen atoms in total. The van der Waals surface area contributed by atoms with Gasteiger partial charge in [0, 0.05) is 35.9 Å². The van der Waals surface area contributed by atoms with Gasteiger partial charge in [0.2, 0.25) is 0 Å². The van der Waals surface area contributed by atoms with Crippen LogP contribution in [0.15, 0.2) is 53.2 Å². The van der Waals surface area contributed by atoms with E-state index in [0.29, 0.717) is 23.7 Å². The van der Waals surface area contributed by atoms with Crippen LogP contribution in [0.4, 0.5) is 4.79 Å². The number of thioether (sulfide) groups is 1. The lowest BCUT2D eigenvalue weighted by Crippen LogP contribution is -2.48. The molecule has 3 rings (SSSR count). The highest BCUT2D eigenvalue weighted by Crippen LogP contribution is 2.37. The van der Waals surface area contributed by atoms with Crippen LogP contribution >= 0.6 is 11.8 Å². The van der Waals surface area contributed by atoms with Crippen molar-refractivity contribution >= 4 is 23.8 Å². The van der Waals surface area contributed by atoms with Crippen molar-refractivity contribution in [1.82, 2.24) is 25.2 Å². The average Bonchev–Trinajstić information content (AvgIpc) is 2.72. The molecule has 0 saturated heterocycles.